The number of benzene rings is 1. The Hall–Kier alpha value is -1.79. The molecule has 0 spiro atoms. The third-order valence-electron chi connectivity index (χ3n) is 6.01. The van der Waals surface area contributed by atoms with Crippen molar-refractivity contribution in [3.05, 3.63) is 28.8 Å². The fourth-order valence-electron chi connectivity index (χ4n) is 4.43. The summed E-state index contributed by atoms with van der Waals surface area (Å²) in [4.78, 5) is 29.2. The Balaban J connectivity index is 0.00000300. The summed E-state index contributed by atoms with van der Waals surface area (Å²) in [7, 11) is 0. The van der Waals surface area contributed by atoms with Gasteiger partial charge in [0.05, 0.1) is 0 Å². The van der Waals surface area contributed by atoms with Crippen LogP contribution in [-0.4, -0.2) is 60.4 Å². The fraction of sp³-hybridized carbons (Fsp3) is 0.636. The minimum atomic E-state index is 0. The van der Waals surface area contributed by atoms with Gasteiger partial charge in [-0.1, -0.05) is 0 Å². The Morgan fingerprint density at radius 3 is 2.31 bits per heavy atom. The van der Waals surface area contributed by atoms with Crippen LogP contribution in [0.25, 0.3) is 0 Å². The zero-order chi connectivity index (χ0) is 20.3. The van der Waals surface area contributed by atoms with Gasteiger partial charge < -0.3 is 20.3 Å². The van der Waals surface area contributed by atoms with Crippen molar-refractivity contribution in [2.24, 2.45) is 11.7 Å². The second-order valence-corrected chi connectivity index (χ2v) is 8.31. The predicted octanol–water partition coefficient (Wildman–Crippen LogP) is 2.93. The largest absolute Gasteiger partial charge is 0.483 e. The Bertz CT molecular complexity index is 711. The number of aryl methyl sites for hydroxylation is 2. The number of piperidine rings is 1. The number of carbonyl (C=O) groups excluding carboxylic acids is 2. The van der Waals surface area contributed by atoms with Crippen LogP contribution < -0.4 is 10.5 Å². The molecule has 2 atom stereocenters. The van der Waals surface area contributed by atoms with Crippen LogP contribution in [0.5, 0.6) is 5.75 Å². The lowest BCUT2D eigenvalue weighted by atomic mass is 10.0. The lowest BCUT2D eigenvalue weighted by molar-refractivity contribution is -0.134. The van der Waals surface area contributed by atoms with E-state index >= 15 is 0 Å². The third-order valence-corrected chi connectivity index (χ3v) is 6.01. The highest BCUT2D eigenvalue weighted by molar-refractivity contribution is 5.95. The topological polar surface area (TPSA) is 75.9 Å². The molecule has 7 heteroatoms. The van der Waals surface area contributed by atoms with E-state index in [-0.39, 0.29) is 36.9 Å². The van der Waals surface area contributed by atoms with E-state index in [0.717, 1.165) is 50.0 Å². The summed E-state index contributed by atoms with van der Waals surface area (Å²) in [6.45, 7) is 8.98. The van der Waals surface area contributed by atoms with E-state index in [2.05, 4.69) is 6.92 Å². The molecule has 162 valence electrons. The van der Waals surface area contributed by atoms with Crippen LogP contribution in [0, 0.1) is 19.8 Å². The van der Waals surface area contributed by atoms with Crippen molar-refractivity contribution >= 4 is 24.2 Å². The Kier molecular flexibility index (Phi) is 8.34. The number of amides is 2. The molecule has 1 aromatic rings. The maximum absolute atomic E-state index is 13.0. The van der Waals surface area contributed by atoms with Crippen molar-refractivity contribution in [3.8, 4) is 5.75 Å². The SMILES string of the molecule is Cc1cc(C(=O)N2CC(CN)CC2C)cc(C)c1OCC(=O)N1CCCCC1.Cl. The van der Waals surface area contributed by atoms with E-state index in [4.69, 9.17) is 10.5 Å². The van der Waals surface area contributed by atoms with Crippen LogP contribution in [0.1, 0.15) is 54.1 Å². The number of hydrogen-bond donors (Lipinski definition) is 1. The van der Waals surface area contributed by atoms with Crippen LogP contribution in [0.4, 0.5) is 0 Å². The van der Waals surface area contributed by atoms with Gasteiger partial charge in [-0.3, -0.25) is 9.59 Å². The minimum Gasteiger partial charge on any atom is -0.483 e. The van der Waals surface area contributed by atoms with Crippen LogP contribution in [0.3, 0.4) is 0 Å². The second kappa shape index (κ2) is 10.3. The first-order chi connectivity index (χ1) is 13.4. The highest BCUT2D eigenvalue weighted by Crippen LogP contribution is 2.29. The molecule has 2 unspecified atom stereocenters. The van der Waals surface area contributed by atoms with Crippen LogP contribution in [0.15, 0.2) is 12.1 Å². The summed E-state index contributed by atoms with van der Waals surface area (Å²) in [5, 5.41) is 0. The summed E-state index contributed by atoms with van der Waals surface area (Å²) >= 11 is 0. The van der Waals surface area contributed by atoms with Crippen molar-refractivity contribution in [2.75, 3.05) is 32.8 Å². The standard InChI is InChI=1S/C22H33N3O3.ClH/c1-15-9-19(22(27)25-13-18(12-23)11-17(25)3)10-16(2)21(15)28-14-20(26)24-7-5-4-6-8-24;/h9-10,17-18H,4-8,11-14,23H2,1-3H3;1H. The zero-order valence-corrected chi connectivity index (χ0v) is 18.6. The molecule has 0 aromatic heterocycles. The van der Waals surface area contributed by atoms with Crippen molar-refractivity contribution in [1.29, 1.82) is 0 Å². The van der Waals surface area contributed by atoms with Gasteiger partial charge in [0, 0.05) is 31.2 Å². The quantitative estimate of drug-likeness (QED) is 0.789. The molecule has 29 heavy (non-hydrogen) atoms. The molecule has 0 aliphatic carbocycles. The van der Waals surface area contributed by atoms with Crippen LogP contribution in [0.2, 0.25) is 0 Å². The molecule has 2 N–H and O–H groups in total. The monoisotopic (exact) mass is 423 g/mol. The Morgan fingerprint density at radius 1 is 1.14 bits per heavy atom. The van der Waals surface area contributed by atoms with Crippen LogP contribution >= 0.6 is 12.4 Å². The number of likely N-dealkylation sites (tertiary alicyclic amines) is 2. The average molecular weight is 424 g/mol. The number of nitrogens with zero attached hydrogens (tertiary/aromatic N) is 2. The summed E-state index contributed by atoms with van der Waals surface area (Å²) in [5.74, 6) is 1.17. The van der Waals surface area contributed by atoms with Crippen molar-refractivity contribution in [2.45, 2.75) is 52.5 Å². The molecule has 1 aromatic carbocycles. The highest BCUT2D eigenvalue weighted by Gasteiger charge is 2.32. The zero-order valence-electron chi connectivity index (χ0n) is 17.8. The van der Waals surface area contributed by atoms with Gasteiger partial charge in [-0.05, 0) is 82.2 Å². The Labute approximate surface area is 180 Å². The number of halogens is 1. The van der Waals surface area contributed by atoms with E-state index in [0.29, 0.717) is 23.8 Å². The number of ether oxygens (including phenoxy) is 1. The van der Waals surface area contributed by atoms with Gasteiger partial charge in [-0.15, -0.1) is 12.4 Å². The normalized spacial score (nSPS) is 21.7. The lowest BCUT2D eigenvalue weighted by Crippen LogP contribution is -2.38. The van der Waals surface area contributed by atoms with Gasteiger partial charge in [-0.2, -0.15) is 0 Å². The maximum atomic E-state index is 13.0. The summed E-state index contributed by atoms with van der Waals surface area (Å²) < 4.78 is 5.87. The first-order valence-electron chi connectivity index (χ1n) is 10.4. The highest BCUT2D eigenvalue weighted by atomic mass is 35.5. The molecule has 2 aliphatic rings. The van der Waals surface area contributed by atoms with E-state index < -0.39 is 0 Å². The molecule has 2 saturated heterocycles. The summed E-state index contributed by atoms with van der Waals surface area (Å²) in [6, 6.07) is 3.96. The second-order valence-electron chi connectivity index (χ2n) is 8.31. The number of carbonyl (C=O) groups is 2. The van der Waals surface area contributed by atoms with Crippen molar-refractivity contribution in [1.82, 2.24) is 9.80 Å². The maximum Gasteiger partial charge on any atom is 0.260 e. The van der Waals surface area contributed by atoms with E-state index in [9.17, 15) is 9.59 Å². The van der Waals surface area contributed by atoms with Gasteiger partial charge in [0.15, 0.2) is 6.61 Å². The van der Waals surface area contributed by atoms with Crippen LogP contribution in [-0.2, 0) is 4.79 Å². The molecule has 6 nitrogen and oxygen atoms in total. The molecule has 2 fully saturated rings. The number of hydrogen-bond acceptors (Lipinski definition) is 4. The van der Waals surface area contributed by atoms with E-state index in [1.54, 1.807) is 0 Å². The molecule has 0 bridgehead atoms. The number of rotatable bonds is 5. The smallest absolute Gasteiger partial charge is 0.260 e. The molecule has 2 amide bonds. The predicted molar refractivity (Wildman–Crippen MR) is 117 cm³/mol. The van der Waals surface area contributed by atoms with Gasteiger partial charge in [0.25, 0.3) is 11.8 Å². The number of nitrogens with two attached hydrogens (primary N) is 1. The van der Waals surface area contributed by atoms with Gasteiger partial charge in [-0.25, -0.2) is 0 Å². The third kappa shape index (κ3) is 5.43. The fourth-order valence-corrected chi connectivity index (χ4v) is 4.43. The molecule has 3 rings (SSSR count). The van der Waals surface area contributed by atoms with Gasteiger partial charge >= 0.3 is 0 Å². The van der Waals surface area contributed by atoms with Crippen molar-refractivity contribution in [3.63, 3.8) is 0 Å². The van der Waals surface area contributed by atoms with Crippen molar-refractivity contribution < 1.29 is 14.3 Å². The van der Waals surface area contributed by atoms with E-state index in [1.807, 2.05) is 35.8 Å². The molecule has 0 radical (unpaired) electrons. The molecule has 2 aliphatic heterocycles. The molecule has 0 saturated carbocycles. The first-order valence-corrected chi connectivity index (χ1v) is 10.4. The molecular weight excluding hydrogens is 390 g/mol. The van der Waals surface area contributed by atoms with Gasteiger partial charge in [0.1, 0.15) is 5.75 Å². The average Bonchev–Trinajstić information content (AvgIpc) is 3.08. The summed E-state index contributed by atoms with van der Waals surface area (Å²) in [5.41, 5.74) is 8.24. The summed E-state index contributed by atoms with van der Waals surface area (Å²) in [6.07, 6.45) is 4.29. The minimum absolute atomic E-state index is 0. The van der Waals surface area contributed by atoms with E-state index in [1.165, 1.54) is 6.42 Å². The lowest BCUT2D eigenvalue weighted by Gasteiger charge is -2.27. The van der Waals surface area contributed by atoms with Gasteiger partial charge in [0.2, 0.25) is 0 Å². The molecule has 2 heterocycles. The Morgan fingerprint density at radius 2 is 1.76 bits per heavy atom. The first kappa shape index (κ1) is 23.5. The molecular formula is C22H34ClN3O3.